The predicted molar refractivity (Wildman–Crippen MR) is 399 cm³/mol. The number of carbonyl (C=O) groups is 5. The van der Waals surface area contributed by atoms with Crippen molar-refractivity contribution in [2.45, 2.75) is 354 Å². The monoisotopic (exact) mass is 1890 g/mol. The van der Waals surface area contributed by atoms with Crippen LogP contribution in [-0.2, 0) is 119 Å². The van der Waals surface area contributed by atoms with Crippen molar-refractivity contribution < 1.29 is 257 Å². The van der Waals surface area contributed by atoms with Gasteiger partial charge in [-0.15, -0.1) is 0 Å². The second-order valence-corrected chi connectivity index (χ2v) is 33.0. The van der Waals surface area contributed by atoms with Crippen LogP contribution in [-0.4, -0.2) is 540 Å². The molecule has 746 valence electrons. The second-order valence-electron chi connectivity index (χ2n) is 33.0. The van der Waals surface area contributed by atoms with Crippen LogP contribution in [0.1, 0.15) is 48.0 Å². The zero-order valence-electron chi connectivity index (χ0n) is 70.0. The maximum atomic E-state index is 13.2. The number of carbonyl (C=O) groups excluding carboxylic acids is 5. The SMILES string of the molecule is CC(=O)NC1C(O)[C@H](O[C@@H]2OC(CO[C@]3(OC=O)C[C@@H](O)[C@@H](C)C([C@H](O)C(O)CO)O3)[C@H](O)[C@H](O)C2O)[C@H](CO)O[C@H]1OC1[C@@H](OCC2O[C@@H](O[C@@H]3C(CO)O[C@@H](O[C@@H]4C(CO)O[C@@H](C)C(NC(C)=O)[C@H]4O)C(NC(C)=O)[C@H]3O)C(O)[C@@H](O[C@H]3OC(CO)[C@@H](O)C(O)C3O[C@@H]3OC(CO)[C@@H](O[C@@H]4OC(CO)[C@H](O)[C@H](O)C4O)[C@H](O)C3NC(C)=O)[C@@H]2O)OC(CO)[C@@H](O)[C@@H]1O. The lowest BCUT2D eigenvalue weighted by Crippen LogP contribution is -2.71. The normalized spacial score (nSPS) is 48.1. The zero-order valence-corrected chi connectivity index (χ0v) is 70.0. The van der Waals surface area contributed by atoms with E-state index in [9.17, 15) is 162 Å². The van der Waals surface area contributed by atoms with Crippen molar-refractivity contribution >= 4 is 30.1 Å². The summed E-state index contributed by atoms with van der Waals surface area (Å²) in [5, 5.41) is 312. The molecule has 10 saturated heterocycles. The fourth-order valence-electron chi connectivity index (χ4n) is 16.9. The summed E-state index contributed by atoms with van der Waals surface area (Å²) in [5.41, 5.74) is 0. The van der Waals surface area contributed by atoms with E-state index in [1.807, 2.05) is 0 Å². The number of hydrogen-bond acceptors (Lipinski definition) is 52. The Hall–Kier alpha value is -4.49. The topological polar surface area (TPSA) is 864 Å². The van der Waals surface area contributed by atoms with Crippen LogP contribution in [0.2, 0.25) is 0 Å². The number of amides is 4. The molecule has 0 radical (unpaired) electrons. The molecule has 10 rings (SSSR count). The van der Waals surface area contributed by atoms with Crippen LogP contribution in [0.5, 0.6) is 0 Å². The van der Waals surface area contributed by atoms with Crippen LogP contribution in [0, 0.1) is 5.92 Å². The minimum absolute atomic E-state index is 0.192. The van der Waals surface area contributed by atoms with Crippen LogP contribution in [0.15, 0.2) is 0 Å². The van der Waals surface area contributed by atoms with E-state index in [-0.39, 0.29) is 6.47 Å². The molecule has 10 fully saturated rings. The fourth-order valence-corrected chi connectivity index (χ4v) is 16.9. The first-order valence-electron chi connectivity index (χ1n) is 41.4. The first-order valence-corrected chi connectivity index (χ1v) is 41.4. The van der Waals surface area contributed by atoms with E-state index in [0.29, 0.717) is 0 Å². The van der Waals surface area contributed by atoms with Crippen molar-refractivity contribution in [1.82, 2.24) is 21.3 Å². The van der Waals surface area contributed by atoms with E-state index in [1.165, 1.54) is 13.8 Å². The molecule has 56 nitrogen and oxygen atoms in total. The Bertz CT molecular complexity index is 3520. The van der Waals surface area contributed by atoms with Crippen molar-refractivity contribution in [3.05, 3.63) is 0 Å². The standard InChI is InChI=1S/C73H122N4O52/c1-19-25(91)7-73(112-18-86,129-57(19)40(93)26(92)8-78)111-17-35-44(97)51(104)55(108)69(121-35)124-60-32(14-84)118-66(38(48(60)101)76-23(5)89)127-63-52(105)42(95)28(10-80)115-71(63)110-16-34-45(98)62(56(109)70(120-34)125-61-33(15-85)117-65(37(47(61)100)75-22(4)88)122-58-30(12-82)113-20(2)36(46(58)99)74-21(3)87)126-72-64(53(106)43(96)29(11-81)116-72)128-67-39(77-24(6)90)49(102)59(31(13-83)119-67)123-68-54(107)50(103)41(94)27(9-79)114-68/h18-20,25-72,78-85,91-109H,7-17H2,1-6H3,(H,74,87)(H,75,88)(H,76,89)(H,77,90)/t19-,20+,25-,26?,27?,28?,29?,30?,31?,32+,33?,34?,35?,36?,37?,38?,39?,40-,41+,42-,43-,44+,45-,46-,47-,48?,49-,50+,51+,52+,53?,54?,55?,56?,57?,58-,59-,60-,61-,62+,63?,64?,65+,66+,67+,68+,69+,70+,71+,72-,73+/m1/s1. The van der Waals surface area contributed by atoms with E-state index in [4.69, 9.17) is 94.7 Å². The predicted octanol–water partition coefficient (Wildman–Crippen LogP) is -20.6. The van der Waals surface area contributed by atoms with Gasteiger partial charge >= 0.3 is 5.97 Å². The summed E-state index contributed by atoms with van der Waals surface area (Å²) in [4.78, 5) is 63.5. The van der Waals surface area contributed by atoms with E-state index < -0.39 is 408 Å². The third kappa shape index (κ3) is 23.9. The van der Waals surface area contributed by atoms with Gasteiger partial charge in [-0.25, -0.2) is 0 Å². The van der Waals surface area contributed by atoms with E-state index in [0.717, 1.165) is 27.7 Å². The van der Waals surface area contributed by atoms with Crippen molar-refractivity contribution in [1.29, 1.82) is 0 Å². The molecule has 0 saturated carbocycles. The molecule has 129 heavy (non-hydrogen) atoms. The van der Waals surface area contributed by atoms with Gasteiger partial charge < -0.3 is 254 Å². The van der Waals surface area contributed by atoms with Crippen LogP contribution in [0.3, 0.4) is 0 Å². The molecule has 10 aliphatic rings. The van der Waals surface area contributed by atoms with Crippen molar-refractivity contribution in [2.24, 2.45) is 5.92 Å². The lowest BCUT2D eigenvalue weighted by Gasteiger charge is -2.51. The van der Waals surface area contributed by atoms with E-state index in [2.05, 4.69) is 21.3 Å². The number of nitrogens with one attached hydrogen (secondary N) is 4. The number of hydrogen-bond donors (Lipinski definition) is 31. The van der Waals surface area contributed by atoms with E-state index in [1.54, 1.807) is 0 Å². The molecule has 51 atom stereocenters. The summed E-state index contributed by atoms with van der Waals surface area (Å²) in [6.45, 7) is -4.52. The molecular weight excluding hydrogens is 1760 g/mol. The molecular formula is C73H122N4O52. The molecule has 4 amide bonds. The molecule has 0 aromatic rings. The highest BCUT2D eigenvalue weighted by molar-refractivity contribution is 5.74. The molecule has 0 aromatic carbocycles. The highest BCUT2D eigenvalue weighted by atomic mass is 16.9. The molecule has 0 bridgehead atoms. The zero-order chi connectivity index (χ0) is 95.1. The quantitative estimate of drug-likeness (QED) is 0.0205. The van der Waals surface area contributed by atoms with Crippen molar-refractivity contribution in [3.63, 3.8) is 0 Å². The Morgan fingerprint density at radius 3 is 1.07 bits per heavy atom. The van der Waals surface area contributed by atoms with Gasteiger partial charge in [-0.2, -0.15) is 0 Å². The Balaban J connectivity index is 0.954. The molecule has 10 aliphatic heterocycles. The van der Waals surface area contributed by atoms with Gasteiger partial charge in [0.15, 0.2) is 50.3 Å². The first-order chi connectivity index (χ1) is 61.0. The summed E-state index contributed by atoms with van der Waals surface area (Å²) in [6.07, 6.45) is -93.9. The maximum absolute atomic E-state index is 13.2. The van der Waals surface area contributed by atoms with Gasteiger partial charge in [-0.05, 0) is 6.92 Å². The molecule has 0 aromatic heterocycles. The molecule has 21 unspecified atom stereocenters. The van der Waals surface area contributed by atoms with Crippen molar-refractivity contribution in [3.8, 4) is 0 Å². The van der Waals surface area contributed by atoms with Gasteiger partial charge in [0.1, 0.15) is 226 Å². The summed E-state index contributed by atoms with van der Waals surface area (Å²) in [7, 11) is 0. The Morgan fingerprint density at radius 2 is 0.667 bits per heavy atom. The van der Waals surface area contributed by atoms with Gasteiger partial charge in [0.25, 0.3) is 6.47 Å². The Kier molecular flexibility index (Phi) is 38.5. The highest BCUT2D eigenvalue weighted by Gasteiger charge is 2.62. The second kappa shape index (κ2) is 46.6. The van der Waals surface area contributed by atoms with Crippen LogP contribution in [0.4, 0.5) is 0 Å². The summed E-state index contributed by atoms with van der Waals surface area (Å²) in [6, 6.07) is -7.13. The largest absolute Gasteiger partial charge is 0.410 e. The number of ether oxygens (including phenoxy) is 20. The molecule has 0 aliphatic carbocycles. The lowest BCUT2D eigenvalue weighted by molar-refractivity contribution is -0.424. The van der Waals surface area contributed by atoms with E-state index >= 15 is 0 Å². The molecule has 31 N–H and O–H groups in total. The summed E-state index contributed by atoms with van der Waals surface area (Å²) >= 11 is 0. The van der Waals surface area contributed by atoms with Crippen LogP contribution >= 0.6 is 0 Å². The van der Waals surface area contributed by atoms with Gasteiger partial charge in [-0.3, -0.25) is 24.0 Å². The van der Waals surface area contributed by atoms with Crippen molar-refractivity contribution in [2.75, 3.05) is 66.1 Å². The molecule has 0 spiro atoms. The highest BCUT2D eigenvalue weighted by Crippen LogP contribution is 2.43. The lowest BCUT2D eigenvalue weighted by atomic mass is 9.87. The average molecular weight is 1890 g/mol. The van der Waals surface area contributed by atoms with Gasteiger partial charge in [0.05, 0.1) is 96.8 Å². The first kappa shape index (κ1) is 107. The number of rotatable bonds is 36. The Morgan fingerprint density at radius 1 is 0.349 bits per heavy atom. The Labute approximate surface area is 732 Å². The summed E-state index contributed by atoms with van der Waals surface area (Å²) < 4.78 is 119. The fraction of sp³-hybridized carbons (Fsp3) is 0.932. The third-order valence-corrected chi connectivity index (χ3v) is 24.0. The summed E-state index contributed by atoms with van der Waals surface area (Å²) in [5.74, 6) is -7.25. The minimum Gasteiger partial charge on any atom is -0.410 e. The number of aliphatic hydroxyl groups excluding tert-OH is 27. The van der Waals surface area contributed by atoms with Crippen LogP contribution < -0.4 is 21.3 Å². The number of aliphatic hydroxyl groups is 27. The van der Waals surface area contributed by atoms with Gasteiger partial charge in [0, 0.05) is 33.6 Å². The molecule has 56 heteroatoms. The molecule has 10 heterocycles. The minimum atomic E-state index is -2.66. The smallest absolute Gasteiger partial charge is 0.332 e. The van der Waals surface area contributed by atoms with Gasteiger partial charge in [-0.1, -0.05) is 6.92 Å². The maximum Gasteiger partial charge on any atom is 0.332 e. The van der Waals surface area contributed by atoms with Gasteiger partial charge in [0.2, 0.25) is 23.6 Å². The average Bonchev–Trinajstić information content (AvgIpc) is 0.804. The third-order valence-electron chi connectivity index (χ3n) is 24.0. The van der Waals surface area contributed by atoms with Crippen LogP contribution in [0.25, 0.3) is 0 Å².